The molecule has 2 aromatic rings. The first-order chi connectivity index (χ1) is 10.8. The van der Waals surface area contributed by atoms with E-state index in [1.54, 1.807) is 0 Å². The van der Waals surface area contributed by atoms with Gasteiger partial charge in [-0.25, -0.2) is 0 Å². The molecule has 122 valence electrons. The van der Waals surface area contributed by atoms with Crippen molar-refractivity contribution in [2.45, 2.75) is 19.4 Å². The van der Waals surface area contributed by atoms with Crippen LogP contribution in [0.15, 0.2) is 54.6 Å². The van der Waals surface area contributed by atoms with Gasteiger partial charge in [0, 0.05) is 13.0 Å². The number of carbonyl (C=O) groups is 1. The number of amides is 1. The lowest BCUT2D eigenvalue weighted by Gasteiger charge is -2.10. The number of benzene rings is 2. The van der Waals surface area contributed by atoms with E-state index < -0.39 is 0 Å². The van der Waals surface area contributed by atoms with Gasteiger partial charge in [0.25, 0.3) is 0 Å². The molecule has 2 aromatic carbocycles. The average Bonchev–Trinajstić information content (AvgIpc) is 3.07. The number of nitrogens with one attached hydrogen (secondary N) is 2. The molecule has 0 aromatic heterocycles. The van der Waals surface area contributed by atoms with Crippen LogP contribution in [-0.4, -0.2) is 19.0 Å². The van der Waals surface area contributed by atoms with Crippen LogP contribution in [0.1, 0.15) is 18.4 Å². The Kier molecular flexibility index (Phi) is 6.63. The predicted octanol–water partition coefficient (Wildman–Crippen LogP) is 3.39. The summed E-state index contributed by atoms with van der Waals surface area (Å²) in [6, 6.07) is 18.7. The molecule has 1 saturated heterocycles. The van der Waals surface area contributed by atoms with Crippen LogP contribution < -0.4 is 10.6 Å². The van der Waals surface area contributed by atoms with Crippen molar-refractivity contribution in [3.8, 4) is 11.1 Å². The lowest BCUT2D eigenvalue weighted by molar-refractivity contribution is -0.122. The van der Waals surface area contributed by atoms with E-state index in [1.807, 2.05) is 24.3 Å². The molecule has 1 amide bonds. The number of halogens is 1. The Bertz CT molecular complexity index is 624. The molecule has 1 atom stereocenters. The summed E-state index contributed by atoms with van der Waals surface area (Å²) in [5.41, 5.74) is 3.53. The summed E-state index contributed by atoms with van der Waals surface area (Å²) in [6.45, 7) is 2.60. The third-order valence-corrected chi connectivity index (χ3v) is 4.16. The highest BCUT2D eigenvalue weighted by Gasteiger charge is 2.17. The van der Waals surface area contributed by atoms with Gasteiger partial charge in [0.2, 0.25) is 5.91 Å². The van der Waals surface area contributed by atoms with Crippen molar-refractivity contribution in [2.24, 2.45) is 5.92 Å². The van der Waals surface area contributed by atoms with Crippen molar-refractivity contribution in [3.05, 3.63) is 60.2 Å². The van der Waals surface area contributed by atoms with Gasteiger partial charge >= 0.3 is 0 Å². The van der Waals surface area contributed by atoms with E-state index in [2.05, 4.69) is 41.0 Å². The third-order valence-electron chi connectivity index (χ3n) is 4.16. The highest BCUT2D eigenvalue weighted by atomic mass is 35.5. The van der Waals surface area contributed by atoms with Gasteiger partial charge < -0.3 is 10.6 Å². The zero-order valence-electron chi connectivity index (χ0n) is 13.1. The molecule has 1 heterocycles. The quantitative estimate of drug-likeness (QED) is 0.882. The zero-order chi connectivity index (χ0) is 15.2. The van der Waals surface area contributed by atoms with Gasteiger partial charge in [-0.2, -0.15) is 0 Å². The van der Waals surface area contributed by atoms with Gasteiger partial charge in [-0.15, -0.1) is 12.4 Å². The highest BCUT2D eigenvalue weighted by molar-refractivity contribution is 5.85. The Labute approximate surface area is 143 Å². The Hall–Kier alpha value is -1.84. The van der Waals surface area contributed by atoms with Gasteiger partial charge in [-0.3, -0.25) is 4.79 Å². The van der Waals surface area contributed by atoms with Crippen molar-refractivity contribution in [2.75, 3.05) is 13.1 Å². The summed E-state index contributed by atoms with van der Waals surface area (Å²) >= 11 is 0. The van der Waals surface area contributed by atoms with Crippen molar-refractivity contribution in [3.63, 3.8) is 0 Å². The number of hydrogen-bond donors (Lipinski definition) is 2. The molecule has 1 fully saturated rings. The first-order valence-electron chi connectivity index (χ1n) is 7.93. The largest absolute Gasteiger partial charge is 0.352 e. The number of carbonyl (C=O) groups excluding carboxylic acids is 1. The van der Waals surface area contributed by atoms with Crippen LogP contribution in [0.3, 0.4) is 0 Å². The standard InChI is InChI=1S/C19H22N2O.ClH/c22-19(12-16-9-10-20-13-16)21-14-15-5-4-8-18(11-15)17-6-2-1-3-7-17;/h1-8,11,16,20H,9-10,12-14H2,(H,21,22);1H. The Morgan fingerprint density at radius 1 is 1.09 bits per heavy atom. The zero-order valence-corrected chi connectivity index (χ0v) is 13.9. The van der Waals surface area contributed by atoms with E-state index in [-0.39, 0.29) is 18.3 Å². The summed E-state index contributed by atoms with van der Waals surface area (Å²) in [6.07, 6.45) is 1.74. The maximum atomic E-state index is 12.0. The van der Waals surface area contributed by atoms with Crippen LogP contribution >= 0.6 is 12.4 Å². The third kappa shape index (κ3) is 5.08. The molecule has 0 radical (unpaired) electrons. The van der Waals surface area contributed by atoms with Crippen LogP contribution in [0.25, 0.3) is 11.1 Å². The van der Waals surface area contributed by atoms with Gasteiger partial charge in [-0.05, 0) is 48.2 Å². The van der Waals surface area contributed by atoms with Gasteiger partial charge in [0.1, 0.15) is 0 Å². The lowest BCUT2D eigenvalue weighted by Crippen LogP contribution is -2.25. The van der Waals surface area contributed by atoms with Crippen molar-refractivity contribution in [1.82, 2.24) is 10.6 Å². The molecule has 2 N–H and O–H groups in total. The molecule has 23 heavy (non-hydrogen) atoms. The fourth-order valence-corrected chi connectivity index (χ4v) is 2.92. The van der Waals surface area contributed by atoms with E-state index in [4.69, 9.17) is 0 Å². The van der Waals surface area contributed by atoms with Gasteiger partial charge in [0.15, 0.2) is 0 Å². The van der Waals surface area contributed by atoms with Crippen LogP contribution in [-0.2, 0) is 11.3 Å². The minimum Gasteiger partial charge on any atom is -0.352 e. The SMILES string of the molecule is Cl.O=C(CC1CCNC1)NCc1cccc(-c2ccccc2)c1. The summed E-state index contributed by atoms with van der Waals surface area (Å²) < 4.78 is 0. The molecule has 3 rings (SSSR count). The smallest absolute Gasteiger partial charge is 0.220 e. The summed E-state index contributed by atoms with van der Waals surface area (Å²) in [5, 5.41) is 6.33. The highest BCUT2D eigenvalue weighted by Crippen LogP contribution is 2.20. The van der Waals surface area contributed by atoms with Crippen LogP contribution in [0, 0.1) is 5.92 Å². The van der Waals surface area contributed by atoms with Crippen LogP contribution in [0.4, 0.5) is 0 Å². The van der Waals surface area contributed by atoms with Crippen molar-refractivity contribution in [1.29, 1.82) is 0 Å². The van der Waals surface area contributed by atoms with Crippen molar-refractivity contribution >= 4 is 18.3 Å². The van der Waals surface area contributed by atoms with Crippen molar-refractivity contribution < 1.29 is 4.79 Å². The average molecular weight is 331 g/mol. The molecule has 0 bridgehead atoms. The normalized spacial score (nSPS) is 16.6. The molecular weight excluding hydrogens is 308 g/mol. The van der Waals surface area contributed by atoms with Crippen LogP contribution in [0.5, 0.6) is 0 Å². The molecule has 3 nitrogen and oxygen atoms in total. The Balaban J connectivity index is 0.00000192. The molecule has 4 heteroatoms. The van der Waals surface area contributed by atoms with E-state index >= 15 is 0 Å². The molecular formula is C19H23ClN2O. The van der Waals surface area contributed by atoms with E-state index in [9.17, 15) is 4.79 Å². The topological polar surface area (TPSA) is 41.1 Å². The lowest BCUT2D eigenvalue weighted by atomic mass is 10.0. The van der Waals surface area contributed by atoms with E-state index in [1.165, 1.54) is 11.1 Å². The Morgan fingerprint density at radius 3 is 2.61 bits per heavy atom. The second-order valence-corrected chi connectivity index (χ2v) is 5.91. The molecule has 0 saturated carbocycles. The molecule has 1 aliphatic heterocycles. The molecule has 0 spiro atoms. The van der Waals surface area contributed by atoms with E-state index in [0.717, 1.165) is 25.1 Å². The predicted molar refractivity (Wildman–Crippen MR) is 96.6 cm³/mol. The monoisotopic (exact) mass is 330 g/mol. The van der Waals surface area contributed by atoms with E-state index in [0.29, 0.717) is 18.9 Å². The molecule has 0 aliphatic carbocycles. The second kappa shape index (κ2) is 8.70. The Morgan fingerprint density at radius 2 is 1.87 bits per heavy atom. The summed E-state index contributed by atoms with van der Waals surface area (Å²) in [7, 11) is 0. The molecule has 1 unspecified atom stereocenters. The maximum absolute atomic E-state index is 12.0. The minimum atomic E-state index is 0. The van der Waals surface area contributed by atoms with Gasteiger partial charge in [-0.1, -0.05) is 48.5 Å². The molecule has 1 aliphatic rings. The number of rotatable bonds is 5. The van der Waals surface area contributed by atoms with Gasteiger partial charge in [0.05, 0.1) is 0 Å². The fourth-order valence-electron chi connectivity index (χ4n) is 2.92. The maximum Gasteiger partial charge on any atom is 0.220 e. The first kappa shape index (κ1) is 17.5. The summed E-state index contributed by atoms with van der Waals surface area (Å²) in [5.74, 6) is 0.648. The number of hydrogen-bond acceptors (Lipinski definition) is 2. The minimum absolute atomic E-state index is 0. The first-order valence-corrected chi connectivity index (χ1v) is 7.93. The second-order valence-electron chi connectivity index (χ2n) is 5.91. The van der Waals surface area contributed by atoms with Crippen LogP contribution in [0.2, 0.25) is 0 Å². The fraction of sp³-hybridized carbons (Fsp3) is 0.316. The summed E-state index contributed by atoms with van der Waals surface area (Å²) in [4.78, 5) is 12.0.